The average molecular weight is 501 g/mol. The number of aryl methyl sites for hydroxylation is 2. The van der Waals surface area contributed by atoms with E-state index in [-0.39, 0.29) is 4.90 Å². The van der Waals surface area contributed by atoms with E-state index in [2.05, 4.69) is 6.07 Å². The van der Waals surface area contributed by atoms with Crippen LogP contribution in [0.3, 0.4) is 0 Å². The summed E-state index contributed by atoms with van der Waals surface area (Å²) in [4.78, 5) is 2.05. The van der Waals surface area contributed by atoms with Crippen molar-refractivity contribution in [3.8, 4) is 26.7 Å². The van der Waals surface area contributed by atoms with Crippen molar-refractivity contribution in [2.24, 2.45) is 0 Å². The van der Waals surface area contributed by atoms with Crippen molar-refractivity contribution in [2.45, 2.75) is 38.2 Å². The normalized spacial score (nSPS) is 12.3. The van der Waals surface area contributed by atoms with Crippen molar-refractivity contribution in [2.75, 3.05) is 6.26 Å². The maximum Gasteiger partial charge on any atom is 0.175 e. The first-order chi connectivity index (χ1) is 15.3. The van der Waals surface area contributed by atoms with E-state index in [0.717, 1.165) is 32.1 Å². The van der Waals surface area contributed by atoms with E-state index in [1.165, 1.54) is 17.6 Å². The maximum absolute atomic E-state index is 12.0. The molecule has 0 amide bonds. The molecule has 2 aromatic carbocycles. The number of benzene rings is 2. The molecule has 0 atom stereocenters. The fraction of sp³-hybridized carbons (Fsp3) is 0.240. The molecule has 33 heavy (non-hydrogen) atoms. The molecule has 5 nitrogen and oxygen atoms in total. The van der Waals surface area contributed by atoms with E-state index in [4.69, 9.17) is 16.7 Å². The van der Waals surface area contributed by atoms with Crippen molar-refractivity contribution in [1.29, 1.82) is 0 Å². The van der Waals surface area contributed by atoms with Crippen LogP contribution in [0.1, 0.15) is 30.7 Å². The van der Waals surface area contributed by atoms with Gasteiger partial charge in [-0.2, -0.15) is 5.10 Å². The zero-order valence-electron chi connectivity index (χ0n) is 19.0. The third-order valence-corrected chi connectivity index (χ3v) is 7.85. The topological polar surface area (TPSA) is 72.2 Å². The molecule has 0 spiro atoms. The van der Waals surface area contributed by atoms with Crippen molar-refractivity contribution in [3.63, 3.8) is 0 Å². The molecule has 1 N–H and O–H groups in total. The molecule has 2 aromatic heterocycles. The third-order valence-electron chi connectivity index (χ3n) is 5.24. The largest absolute Gasteiger partial charge is 0.384 e. The number of sulfone groups is 1. The fourth-order valence-electron chi connectivity index (χ4n) is 3.76. The molecule has 4 aromatic rings. The van der Waals surface area contributed by atoms with Crippen LogP contribution >= 0.6 is 22.9 Å². The Kier molecular flexibility index (Phi) is 6.03. The van der Waals surface area contributed by atoms with Gasteiger partial charge in [-0.1, -0.05) is 29.8 Å². The number of thiophene rings is 1. The number of hydrogen-bond donors (Lipinski definition) is 1. The van der Waals surface area contributed by atoms with Crippen molar-refractivity contribution < 1.29 is 13.5 Å². The van der Waals surface area contributed by atoms with Crippen molar-refractivity contribution in [3.05, 3.63) is 76.4 Å². The summed E-state index contributed by atoms with van der Waals surface area (Å²) < 4.78 is 25.8. The summed E-state index contributed by atoms with van der Waals surface area (Å²) in [5.74, 6) is 0. The molecule has 172 valence electrons. The zero-order valence-corrected chi connectivity index (χ0v) is 21.4. The van der Waals surface area contributed by atoms with E-state index < -0.39 is 15.4 Å². The molecule has 0 aliphatic heterocycles. The standard InChI is InChI=1S/C25H25ClN2O3S2/c1-15-11-16(2)13-18(12-15)28-23(22(26)24(27-28)25(3,4)29)21-10-9-20(32-21)17-7-6-8-19(14-17)33(5,30)31/h6-14,29H,1-5H3. The smallest absolute Gasteiger partial charge is 0.175 e. The Bertz CT molecular complexity index is 1440. The second kappa shape index (κ2) is 8.40. The number of nitrogens with zero attached hydrogens (tertiary/aromatic N) is 2. The van der Waals surface area contributed by atoms with Gasteiger partial charge < -0.3 is 5.11 Å². The van der Waals surface area contributed by atoms with Crippen molar-refractivity contribution >= 4 is 32.8 Å². The summed E-state index contributed by atoms with van der Waals surface area (Å²) in [6, 6.07) is 16.9. The minimum atomic E-state index is -3.31. The Labute approximate surface area is 203 Å². The second-order valence-electron chi connectivity index (χ2n) is 8.79. The molecule has 4 rings (SSSR count). The highest BCUT2D eigenvalue weighted by molar-refractivity contribution is 7.90. The Morgan fingerprint density at radius 2 is 1.64 bits per heavy atom. The van der Waals surface area contributed by atoms with Crippen LogP contribution in [0.25, 0.3) is 26.7 Å². The molecular weight excluding hydrogens is 476 g/mol. The lowest BCUT2D eigenvalue weighted by Gasteiger charge is -2.14. The van der Waals surface area contributed by atoms with E-state index in [1.54, 1.807) is 36.7 Å². The Morgan fingerprint density at radius 1 is 1.00 bits per heavy atom. The highest BCUT2D eigenvalue weighted by Gasteiger charge is 2.29. The quantitative estimate of drug-likeness (QED) is 0.355. The van der Waals surface area contributed by atoms with Gasteiger partial charge in [0.1, 0.15) is 17.0 Å². The van der Waals surface area contributed by atoms with Crippen LogP contribution in [0.4, 0.5) is 0 Å². The molecule has 2 heterocycles. The first-order valence-corrected chi connectivity index (χ1v) is 13.4. The van der Waals surface area contributed by atoms with Gasteiger partial charge in [-0.3, -0.25) is 0 Å². The van der Waals surface area contributed by atoms with Gasteiger partial charge in [-0.15, -0.1) is 11.3 Å². The van der Waals surface area contributed by atoms with Gasteiger partial charge in [0.2, 0.25) is 0 Å². The molecule has 8 heteroatoms. The fourth-order valence-corrected chi connectivity index (χ4v) is 5.98. The van der Waals surface area contributed by atoms with Crippen molar-refractivity contribution in [1.82, 2.24) is 9.78 Å². The zero-order chi connectivity index (χ0) is 24.1. The van der Waals surface area contributed by atoms with Gasteiger partial charge >= 0.3 is 0 Å². The van der Waals surface area contributed by atoms with Crippen LogP contribution < -0.4 is 0 Å². The lowest BCUT2D eigenvalue weighted by atomic mass is 10.1. The second-order valence-corrected chi connectivity index (χ2v) is 12.3. The molecular formula is C25H25ClN2O3S2. The SMILES string of the molecule is Cc1cc(C)cc(-n2nc(C(C)(C)O)c(Cl)c2-c2ccc(-c3cccc(S(C)(=O)=O)c3)s2)c1. The minimum Gasteiger partial charge on any atom is -0.384 e. The van der Waals surface area contributed by atoms with Crippen LogP contribution in [-0.4, -0.2) is 29.6 Å². The Balaban J connectivity index is 1.90. The Hall–Kier alpha value is -2.45. The number of aromatic nitrogens is 2. The van der Waals surface area contributed by atoms with Gasteiger partial charge in [0, 0.05) is 11.1 Å². The first-order valence-electron chi connectivity index (χ1n) is 10.4. The molecule has 0 aliphatic carbocycles. The minimum absolute atomic E-state index is 0.276. The molecule has 0 unspecified atom stereocenters. The van der Waals surface area contributed by atoms with Crippen LogP contribution in [0.15, 0.2) is 59.5 Å². The summed E-state index contributed by atoms with van der Waals surface area (Å²) in [5, 5.41) is 15.8. The van der Waals surface area contributed by atoms with Gasteiger partial charge in [-0.25, -0.2) is 13.1 Å². The van der Waals surface area contributed by atoms with E-state index >= 15 is 0 Å². The lowest BCUT2D eigenvalue weighted by molar-refractivity contribution is 0.0735. The maximum atomic E-state index is 12.0. The molecule has 0 bridgehead atoms. The Morgan fingerprint density at radius 3 is 2.24 bits per heavy atom. The third kappa shape index (κ3) is 4.77. The molecule has 0 saturated carbocycles. The molecule has 0 saturated heterocycles. The van der Waals surface area contributed by atoms with Gasteiger partial charge in [-0.05, 0) is 80.8 Å². The summed E-state index contributed by atoms with van der Waals surface area (Å²) in [7, 11) is -3.31. The summed E-state index contributed by atoms with van der Waals surface area (Å²) in [5.41, 5.74) is 3.72. The van der Waals surface area contributed by atoms with E-state index in [1.807, 2.05) is 44.2 Å². The van der Waals surface area contributed by atoms with Gasteiger partial charge in [0.25, 0.3) is 0 Å². The predicted octanol–water partition coefficient (Wildman–Crippen LogP) is 6.17. The lowest BCUT2D eigenvalue weighted by Crippen LogP contribution is -2.17. The summed E-state index contributed by atoms with van der Waals surface area (Å²) in [6.07, 6.45) is 1.20. The molecule has 0 radical (unpaired) electrons. The average Bonchev–Trinajstić information content (AvgIpc) is 3.31. The van der Waals surface area contributed by atoms with E-state index in [0.29, 0.717) is 16.4 Å². The molecule has 0 aliphatic rings. The van der Waals surface area contributed by atoms with Crippen LogP contribution in [-0.2, 0) is 15.4 Å². The monoisotopic (exact) mass is 500 g/mol. The van der Waals surface area contributed by atoms with Crippen LogP contribution in [0.2, 0.25) is 5.02 Å². The first kappa shape index (κ1) is 23.7. The highest BCUT2D eigenvalue weighted by atomic mass is 35.5. The highest BCUT2D eigenvalue weighted by Crippen LogP contribution is 2.42. The summed E-state index contributed by atoms with van der Waals surface area (Å²) in [6.45, 7) is 7.37. The molecule has 0 fully saturated rings. The van der Waals surface area contributed by atoms with Gasteiger partial charge in [0.05, 0.1) is 20.5 Å². The number of halogens is 1. The van der Waals surface area contributed by atoms with Gasteiger partial charge in [0.15, 0.2) is 9.84 Å². The number of hydrogen-bond acceptors (Lipinski definition) is 5. The van der Waals surface area contributed by atoms with Crippen LogP contribution in [0.5, 0.6) is 0 Å². The van der Waals surface area contributed by atoms with Crippen LogP contribution in [0, 0.1) is 13.8 Å². The summed E-state index contributed by atoms with van der Waals surface area (Å²) >= 11 is 8.29. The van der Waals surface area contributed by atoms with E-state index in [9.17, 15) is 13.5 Å². The predicted molar refractivity (Wildman–Crippen MR) is 135 cm³/mol. The number of aliphatic hydroxyl groups is 1. The number of rotatable bonds is 5.